The Morgan fingerprint density at radius 1 is 0.737 bits per heavy atom. The molecule has 1 atom stereocenters. The molecule has 2 amide bonds. The van der Waals surface area contributed by atoms with Crippen molar-refractivity contribution in [2.75, 3.05) is 26.2 Å². The number of nitrogens with one attached hydrogen (secondary N) is 3. The van der Waals surface area contributed by atoms with Gasteiger partial charge in [0, 0.05) is 25.9 Å². The van der Waals surface area contributed by atoms with Crippen LogP contribution in [-0.4, -0.2) is 38.0 Å². The lowest BCUT2D eigenvalue weighted by Gasteiger charge is -2.35. The number of rotatable bonds is 13. The molecule has 3 N–H and O–H groups in total. The maximum absolute atomic E-state index is 13.4. The van der Waals surface area contributed by atoms with Crippen LogP contribution >= 0.6 is 0 Å². The number of carbonyl (C=O) groups is 2. The summed E-state index contributed by atoms with van der Waals surface area (Å²) >= 11 is 0. The first kappa shape index (κ1) is 27.6. The molecule has 0 bridgehead atoms. The van der Waals surface area contributed by atoms with Gasteiger partial charge in [0.15, 0.2) is 0 Å². The van der Waals surface area contributed by atoms with E-state index in [0.29, 0.717) is 25.3 Å². The molecule has 0 spiro atoms. The lowest BCUT2D eigenvalue weighted by atomic mass is 9.67. The molecule has 4 rings (SSSR count). The number of benzene rings is 3. The first-order valence-electron chi connectivity index (χ1n) is 14.1. The third-order valence-corrected chi connectivity index (χ3v) is 7.62. The van der Waals surface area contributed by atoms with Crippen LogP contribution in [0.4, 0.5) is 0 Å². The first-order chi connectivity index (χ1) is 18.7. The van der Waals surface area contributed by atoms with E-state index >= 15 is 0 Å². The first-order valence-corrected chi connectivity index (χ1v) is 14.1. The van der Waals surface area contributed by atoms with E-state index < -0.39 is 5.41 Å². The highest BCUT2D eigenvalue weighted by atomic mass is 16.2. The fraction of sp³-hybridized carbons (Fsp3) is 0.394. The second-order valence-corrected chi connectivity index (χ2v) is 10.4. The van der Waals surface area contributed by atoms with Gasteiger partial charge in [-0.15, -0.1) is 0 Å². The molecule has 1 heterocycles. The number of unbranched alkanes of at least 4 members (excludes halogenated alkanes) is 2. The summed E-state index contributed by atoms with van der Waals surface area (Å²) in [6, 6.07) is 30.9. The van der Waals surface area contributed by atoms with Gasteiger partial charge in [-0.05, 0) is 61.4 Å². The van der Waals surface area contributed by atoms with E-state index in [-0.39, 0.29) is 11.8 Å². The SMILES string of the molecule is O=C(CCCCCNC(=O)CC(c1ccccc1)(c1ccccc1)c1ccccc1)NCC1CCCNC1. The quantitative estimate of drug-likeness (QED) is 0.218. The highest BCUT2D eigenvalue weighted by molar-refractivity contribution is 5.80. The Bertz CT molecular complexity index is 1020. The van der Waals surface area contributed by atoms with Crippen LogP contribution in [0.3, 0.4) is 0 Å². The molecule has 1 aliphatic heterocycles. The van der Waals surface area contributed by atoms with Crippen molar-refractivity contribution >= 4 is 11.8 Å². The fourth-order valence-corrected chi connectivity index (χ4v) is 5.54. The van der Waals surface area contributed by atoms with E-state index in [1.54, 1.807) is 0 Å². The van der Waals surface area contributed by atoms with Gasteiger partial charge in [-0.1, -0.05) is 97.4 Å². The highest BCUT2D eigenvalue weighted by Gasteiger charge is 2.38. The van der Waals surface area contributed by atoms with Gasteiger partial charge in [0.1, 0.15) is 0 Å². The second-order valence-electron chi connectivity index (χ2n) is 10.4. The van der Waals surface area contributed by atoms with Crippen LogP contribution in [0, 0.1) is 5.92 Å². The van der Waals surface area contributed by atoms with Gasteiger partial charge in [0.2, 0.25) is 11.8 Å². The van der Waals surface area contributed by atoms with Crippen molar-refractivity contribution in [1.82, 2.24) is 16.0 Å². The smallest absolute Gasteiger partial charge is 0.221 e. The largest absolute Gasteiger partial charge is 0.356 e. The number of piperidine rings is 1. The van der Waals surface area contributed by atoms with E-state index in [1.165, 1.54) is 12.8 Å². The summed E-state index contributed by atoms with van der Waals surface area (Å²) in [7, 11) is 0. The average Bonchev–Trinajstić information content (AvgIpc) is 2.98. The zero-order valence-electron chi connectivity index (χ0n) is 22.3. The Labute approximate surface area is 227 Å². The number of carbonyl (C=O) groups excluding carboxylic acids is 2. The number of hydrogen-bond donors (Lipinski definition) is 3. The summed E-state index contributed by atoms with van der Waals surface area (Å²) in [5, 5.41) is 9.63. The molecule has 1 saturated heterocycles. The topological polar surface area (TPSA) is 70.2 Å². The third-order valence-electron chi connectivity index (χ3n) is 7.62. The molecule has 38 heavy (non-hydrogen) atoms. The minimum absolute atomic E-state index is 0.0281. The van der Waals surface area contributed by atoms with Crippen molar-refractivity contribution in [3.63, 3.8) is 0 Å². The lowest BCUT2D eigenvalue weighted by molar-refractivity contribution is -0.122. The molecular weight excluding hydrogens is 470 g/mol. The standard InChI is InChI=1S/C33H41N3O2/c37-31(36-26-27-14-13-22-34-25-27)21-11-4-12-23-35-32(38)24-33(28-15-5-1-6-16-28,29-17-7-2-8-18-29)30-19-9-3-10-20-30/h1-3,5-10,15-20,27,34H,4,11-14,21-26H2,(H,35,38)(H,36,37). The van der Waals surface area contributed by atoms with Crippen LogP contribution in [0.1, 0.15) is 61.6 Å². The number of hydrogen-bond acceptors (Lipinski definition) is 3. The maximum Gasteiger partial charge on any atom is 0.221 e. The minimum atomic E-state index is -0.584. The van der Waals surface area contributed by atoms with Crippen LogP contribution in [0.5, 0.6) is 0 Å². The normalized spacial score (nSPS) is 15.5. The Kier molecular flexibility index (Phi) is 10.5. The van der Waals surface area contributed by atoms with Gasteiger partial charge < -0.3 is 16.0 Å². The zero-order chi connectivity index (χ0) is 26.5. The van der Waals surface area contributed by atoms with Gasteiger partial charge in [-0.2, -0.15) is 0 Å². The summed E-state index contributed by atoms with van der Waals surface area (Å²) in [6.45, 7) is 3.48. The molecular formula is C33H41N3O2. The van der Waals surface area contributed by atoms with Gasteiger partial charge in [0.05, 0.1) is 5.41 Å². The van der Waals surface area contributed by atoms with Crippen LogP contribution in [0.2, 0.25) is 0 Å². The van der Waals surface area contributed by atoms with Crippen molar-refractivity contribution in [2.24, 2.45) is 5.92 Å². The van der Waals surface area contributed by atoms with E-state index in [0.717, 1.165) is 55.6 Å². The predicted octanol–water partition coefficient (Wildman–Crippen LogP) is 5.20. The molecule has 1 unspecified atom stereocenters. The van der Waals surface area contributed by atoms with Gasteiger partial charge in [-0.3, -0.25) is 9.59 Å². The van der Waals surface area contributed by atoms with Crippen molar-refractivity contribution < 1.29 is 9.59 Å². The van der Waals surface area contributed by atoms with Crippen molar-refractivity contribution in [3.05, 3.63) is 108 Å². The Morgan fingerprint density at radius 2 is 1.32 bits per heavy atom. The molecule has 3 aromatic carbocycles. The summed E-state index contributed by atoms with van der Waals surface area (Å²) in [5.41, 5.74) is 2.72. The monoisotopic (exact) mass is 511 g/mol. The van der Waals surface area contributed by atoms with Crippen LogP contribution < -0.4 is 16.0 Å². The Morgan fingerprint density at radius 3 is 1.84 bits per heavy atom. The van der Waals surface area contributed by atoms with Gasteiger partial charge in [0.25, 0.3) is 0 Å². The van der Waals surface area contributed by atoms with Gasteiger partial charge in [-0.25, -0.2) is 0 Å². The summed E-state index contributed by atoms with van der Waals surface area (Å²) < 4.78 is 0. The van der Waals surface area contributed by atoms with Crippen molar-refractivity contribution in [1.29, 1.82) is 0 Å². The molecule has 0 aliphatic carbocycles. The lowest BCUT2D eigenvalue weighted by Crippen LogP contribution is -2.38. The molecule has 0 radical (unpaired) electrons. The highest BCUT2D eigenvalue weighted by Crippen LogP contribution is 2.42. The Balaban J connectivity index is 1.31. The summed E-state index contributed by atoms with van der Waals surface area (Å²) in [4.78, 5) is 25.6. The maximum atomic E-state index is 13.4. The van der Waals surface area contributed by atoms with E-state index in [2.05, 4.69) is 52.3 Å². The van der Waals surface area contributed by atoms with Crippen LogP contribution in [0.15, 0.2) is 91.0 Å². The van der Waals surface area contributed by atoms with Gasteiger partial charge >= 0.3 is 0 Å². The predicted molar refractivity (Wildman–Crippen MR) is 154 cm³/mol. The molecule has 1 aliphatic rings. The molecule has 5 heteroatoms. The van der Waals surface area contributed by atoms with E-state index in [1.807, 2.05) is 54.6 Å². The molecule has 5 nitrogen and oxygen atoms in total. The third kappa shape index (κ3) is 7.55. The van der Waals surface area contributed by atoms with Crippen molar-refractivity contribution in [3.8, 4) is 0 Å². The van der Waals surface area contributed by atoms with E-state index in [4.69, 9.17) is 0 Å². The molecule has 1 fully saturated rings. The number of amides is 2. The second kappa shape index (κ2) is 14.5. The summed E-state index contributed by atoms with van der Waals surface area (Å²) in [5.74, 6) is 0.719. The molecule has 0 aromatic heterocycles. The molecule has 0 saturated carbocycles. The average molecular weight is 512 g/mol. The van der Waals surface area contributed by atoms with Crippen LogP contribution in [-0.2, 0) is 15.0 Å². The Hall–Kier alpha value is -3.44. The zero-order valence-corrected chi connectivity index (χ0v) is 22.3. The van der Waals surface area contributed by atoms with Crippen molar-refractivity contribution in [2.45, 2.75) is 50.4 Å². The van der Waals surface area contributed by atoms with E-state index in [9.17, 15) is 9.59 Å². The molecule has 200 valence electrons. The minimum Gasteiger partial charge on any atom is -0.356 e. The van der Waals surface area contributed by atoms with Crippen LogP contribution in [0.25, 0.3) is 0 Å². The fourth-order valence-electron chi connectivity index (χ4n) is 5.54. The molecule has 3 aromatic rings. The summed E-state index contributed by atoms with van der Waals surface area (Å²) in [6.07, 6.45) is 5.87.